The zero-order valence-corrected chi connectivity index (χ0v) is 6.26. The second-order valence-electron chi connectivity index (χ2n) is 3.70. The van der Waals surface area contributed by atoms with Crippen LogP contribution < -0.4 is 0 Å². The van der Waals surface area contributed by atoms with Gasteiger partial charge in [-0.15, -0.1) is 0 Å². The van der Waals surface area contributed by atoms with Crippen LogP contribution >= 0.6 is 0 Å². The van der Waals surface area contributed by atoms with Crippen LogP contribution in [0.1, 0.15) is 26.2 Å². The molecule has 10 heavy (non-hydrogen) atoms. The van der Waals surface area contributed by atoms with Crippen LogP contribution in [0, 0.1) is 11.3 Å². The molecule has 2 unspecified atom stereocenters. The third-order valence-corrected chi connectivity index (χ3v) is 2.86. The molecule has 0 heterocycles. The highest BCUT2D eigenvalue weighted by molar-refractivity contribution is 5.88. The van der Waals surface area contributed by atoms with Gasteiger partial charge in [0.15, 0.2) is 0 Å². The molecule has 3 aliphatic carbocycles. The summed E-state index contributed by atoms with van der Waals surface area (Å²) >= 11 is 0. The molecule has 1 heteroatoms. The maximum absolute atomic E-state index is 11.3. The van der Waals surface area contributed by atoms with Crippen LogP contribution in [0.4, 0.5) is 0 Å². The van der Waals surface area contributed by atoms with Crippen molar-refractivity contribution in [3.63, 3.8) is 0 Å². The fourth-order valence-corrected chi connectivity index (χ4v) is 1.89. The summed E-state index contributed by atoms with van der Waals surface area (Å²) in [5, 5.41) is 0. The van der Waals surface area contributed by atoms with Crippen molar-refractivity contribution in [1.82, 2.24) is 0 Å². The Balaban J connectivity index is 2.40. The van der Waals surface area contributed by atoms with E-state index in [1.807, 2.05) is 0 Å². The van der Waals surface area contributed by atoms with E-state index in [1.165, 1.54) is 6.42 Å². The summed E-state index contributed by atoms with van der Waals surface area (Å²) in [6.45, 7) is 2.06. The van der Waals surface area contributed by atoms with Gasteiger partial charge >= 0.3 is 0 Å². The predicted octanol–water partition coefficient (Wildman–Crippen LogP) is 1.93. The molecule has 1 nitrogen and oxygen atoms in total. The standard InChI is InChI=1S/C9H12O/c1-9-4-2-7(3-5-9)6-8(9)10/h2,4,7H,3,5-6H2,1H3. The largest absolute Gasteiger partial charge is 0.299 e. The minimum Gasteiger partial charge on any atom is -0.299 e. The van der Waals surface area contributed by atoms with Crippen molar-refractivity contribution in [3.05, 3.63) is 12.2 Å². The number of allylic oxidation sites excluding steroid dienone is 2. The fourth-order valence-electron chi connectivity index (χ4n) is 1.89. The van der Waals surface area contributed by atoms with Gasteiger partial charge < -0.3 is 0 Å². The first-order chi connectivity index (χ1) is 4.71. The van der Waals surface area contributed by atoms with Crippen LogP contribution in [-0.4, -0.2) is 5.78 Å². The monoisotopic (exact) mass is 136 g/mol. The second kappa shape index (κ2) is 1.71. The first-order valence-electron chi connectivity index (χ1n) is 3.93. The lowest BCUT2D eigenvalue weighted by molar-refractivity contribution is -0.129. The van der Waals surface area contributed by atoms with Crippen LogP contribution in [-0.2, 0) is 4.79 Å². The third-order valence-electron chi connectivity index (χ3n) is 2.86. The minimum atomic E-state index is -0.0747. The lowest BCUT2D eigenvalue weighted by atomic mass is 9.66. The molecule has 54 valence electrons. The van der Waals surface area contributed by atoms with Gasteiger partial charge in [0.05, 0.1) is 0 Å². The highest BCUT2D eigenvalue weighted by Gasteiger charge is 2.39. The van der Waals surface area contributed by atoms with Gasteiger partial charge in [-0.2, -0.15) is 0 Å². The van der Waals surface area contributed by atoms with Gasteiger partial charge in [0, 0.05) is 11.8 Å². The molecule has 2 bridgehead atoms. The summed E-state index contributed by atoms with van der Waals surface area (Å²) in [5.41, 5.74) is -0.0747. The number of Topliss-reactive ketones (excluding diaryl/α,β-unsaturated/α-hetero) is 1. The molecule has 0 aliphatic heterocycles. The molecule has 3 rings (SSSR count). The average Bonchev–Trinajstić information content (AvgIpc) is 1.92. The van der Waals surface area contributed by atoms with Gasteiger partial charge in [0.1, 0.15) is 5.78 Å². The number of ketones is 1. The molecule has 0 saturated heterocycles. The summed E-state index contributed by atoms with van der Waals surface area (Å²) in [6, 6.07) is 0. The van der Waals surface area contributed by atoms with E-state index in [9.17, 15) is 4.79 Å². The maximum atomic E-state index is 11.3. The number of carbonyl (C=O) groups is 1. The Morgan fingerprint density at radius 1 is 1.70 bits per heavy atom. The maximum Gasteiger partial charge on any atom is 0.143 e. The molecule has 1 saturated carbocycles. The van der Waals surface area contributed by atoms with Crippen LogP contribution in [0.3, 0.4) is 0 Å². The van der Waals surface area contributed by atoms with Gasteiger partial charge in [-0.1, -0.05) is 12.2 Å². The molecule has 0 aromatic rings. The van der Waals surface area contributed by atoms with Crippen LogP contribution in [0.15, 0.2) is 12.2 Å². The smallest absolute Gasteiger partial charge is 0.143 e. The number of hydrogen-bond donors (Lipinski definition) is 0. The Bertz CT molecular complexity index is 205. The number of hydrogen-bond acceptors (Lipinski definition) is 1. The lowest BCUT2D eigenvalue weighted by Crippen LogP contribution is -2.36. The molecule has 0 N–H and O–H groups in total. The highest BCUT2D eigenvalue weighted by Crippen LogP contribution is 2.42. The topological polar surface area (TPSA) is 17.1 Å². The fraction of sp³-hybridized carbons (Fsp3) is 0.667. The van der Waals surface area contributed by atoms with E-state index in [0.29, 0.717) is 11.7 Å². The van der Waals surface area contributed by atoms with E-state index >= 15 is 0 Å². The summed E-state index contributed by atoms with van der Waals surface area (Å²) < 4.78 is 0. The molecule has 0 amide bonds. The van der Waals surface area contributed by atoms with Gasteiger partial charge in [-0.25, -0.2) is 0 Å². The molecule has 3 aliphatic rings. The van der Waals surface area contributed by atoms with Gasteiger partial charge in [0.2, 0.25) is 0 Å². The third kappa shape index (κ3) is 0.664. The molecule has 0 aromatic heterocycles. The zero-order chi connectivity index (χ0) is 7.19. The van der Waals surface area contributed by atoms with E-state index in [0.717, 1.165) is 12.8 Å². The van der Waals surface area contributed by atoms with E-state index in [4.69, 9.17) is 0 Å². The normalized spacial score (nSPS) is 44.5. The lowest BCUT2D eigenvalue weighted by Gasteiger charge is -2.37. The van der Waals surface area contributed by atoms with Gasteiger partial charge in [-0.05, 0) is 25.7 Å². The summed E-state index contributed by atoms with van der Waals surface area (Å²) in [6.07, 6.45) is 7.41. The average molecular weight is 136 g/mol. The SMILES string of the molecule is CC12C=CC(CC1)CC2=O. The number of rotatable bonds is 0. The number of fused-ring (bicyclic) bond motifs is 2. The molecule has 0 aromatic carbocycles. The van der Waals surface area contributed by atoms with Crippen molar-refractivity contribution in [2.75, 3.05) is 0 Å². The van der Waals surface area contributed by atoms with Crippen LogP contribution in [0.2, 0.25) is 0 Å². The van der Waals surface area contributed by atoms with E-state index in [1.54, 1.807) is 0 Å². The van der Waals surface area contributed by atoms with E-state index < -0.39 is 0 Å². The van der Waals surface area contributed by atoms with Crippen molar-refractivity contribution >= 4 is 5.78 Å². The summed E-state index contributed by atoms with van der Waals surface area (Å²) in [4.78, 5) is 11.3. The highest BCUT2D eigenvalue weighted by atomic mass is 16.1. The van der Waals surface area contributed by atoms with Crippen LogP contribution in [0.5, 0.6) is 0 Å². The molecule has 0 spiro atoms. The minimum absolute atomic E-state index is 0.0747. The first kappa shape index (κ1) is 6.14. The Kier molecular flexibility index (Phi) is 1.05. The van der Waals surface area contributed by atoms with Crippen molar-refractivity contribution in [3.8, 4) is 0 Å². The molecular weight excluding hydrogens is 124 g/mol. The second-order valence-corrected chi connectivity index (χ2v) is 3.70. The van der Waals surface area contributed by atoms with Gasteiger partial charge in [0.25, 0.3) is 0 Å². The van der Waals surface area contributed by atoms with Crippen molar-refractivity contribution in [1.29, 1.82) is 0 Å². The van der Waals surface area contributed by atoms with Crippen molar-refractivity contribution < 1.29 is 4.79 Å². The Labute approximate surface area is 61.1 Å². The number of carbonyl (C=O) groups excluding carboxylic acids is 1. The first-order valence-corrected chi connectivity index (χ1v) is 3.93. The molecule has 2 atom stereocenters. The van der Waals surface area contributed by atoms with E-state index in [-0.39, 0.29) is 5.41 Å². The molecular formula is C9H12O. The van der Waals surface area contributed by atoms with Crippen molar-refractivity contribution in [2.24, 2.45) is 11.3 Å². The summed E-state index contributed by atoms with van der Waals surface area (Å²) in [7, 11) is 0. The Morgan fingerprint density at radius 2 is 2.50 bits per heavy atom. The Hall–Kier alpha value is -0.590. The Morgan fingerprint density at radius 3 is 2.80 bits per heavy atom. The zero-order valence-electron chi connectivity index (χ0n) is 6.26. The quantitative estimate of drug-likeness (QED) is 0.465. The predicted molar refractivity (Wildman–Crippen MR) is 39.6 cm³/mol. The van der Waals surface area contributed by atoms with Crippen molar-refractivity contribution in [2.45, 2.75) is 26.2 Å². The summed E-state index contributed by atoms with van der Waals surface area (Å²) in [5.74, 6) is 1.03. The molecule has 1 fully saturated rings. The van der Waals surface area contributed by atoms with E-state index in [2.05, 4.69) is 19.1 Å². The van der Waals surface area contributed by atoms with Crippen LogP contribution in [0.25, 0.3) is 0 Å². The molecule has 0 radical (unpaired) electrons. The van der Waals surface area contributed by atoms with Gasteiger partial charge in [-0.3, -0.25) is 4.79 Å².